The van der Waals surface area contributed by atoms with Gasteiger partial charge in [-0.15, -0.1) is 0 Å². The van der Waals surface area contributed by atoms with Gasteiger partial charge in [0.25, 0.3) is 0 Å². The van der Waals surface area contributed by atoms with Gasteiger partial charge < -0.3 is 0 Å². The third-order valence-corrected chi connectivity index (χ3v) is 5.60. The van der Waals surface area contributed by atoms with Gasteiger partial charge in [-0.25, -0.2) is 8.42 Å². The van der Waals surface area contributed by atoms with Crippen LogP contribution in [0.4, 0.5) is 0 Å². The van der Waals surface area contributed by atoms with Crippen LogP contribution in [0.5, 0.6) is 0 Å². The van der Waals surface area contributed by atoms with E-state index in [2.05, 4.69) is 5.10 Å². The van der Waals surface area contributed by atoms with Crippen LogP contribution in [0.2, 0.25) is 0 Å². The summed E-state index contributed by atoms with van der Waals surface area (Å²) in [6, 6.07) is 16.1. The highest BCUT2D eigenvalue weighted by atomic mass is 32.2. The topological polar surface area (TPSA) is 92.8 Å². The Morgan fingerprint density at radius 3 is 2.42 bits per heavy atom. The highest BCUT2D eigenvalue weighted by Crippen LogP contribution is 2.23. The molecule has 0 aliphatic heterocycles. The highest BCUT2D eigenvalue weighted by Gasteiger charge is 2.36. The second kappa shape index (κ2) is 5.91. The summed E-state index contributed by atoms with van der Waals surface area (Å²) in [5, 5.41) is 12.2. The van der Waals surface area contributed by atoms with Crippen molar-refractivity contribution in [3.8, 4) is 6.07 Å². The summed E-state index contributed by atoms with van der Waals surface area (Å²) in [4.78, 5) is 12.7. The average molecular weight is 339 g/mol. The summed E-state index contributed by atoms with van der Waals surface area (Å²) in [5.74, 6) is -0.821. The maximum atomic E-state index is 12.7. The van der Waals surface area contributed by atoms with Gasteiger partial charge in [-0.3, -0.25) is 9.48 Å². The van der Waals surface area contributed by atoms with E-state index in [-0.39, 0.29) is 10.6 Å². The summed E-state index contributed by atoms with van der Waals surface area (Å²) in [6.45, 7) is 0. The minimum Gasteiger partial charge on any atom is -0.290 e. The second-order valence-electron chi connectivity index (χ2n) is 5.22. The number of nitriles is 1. The Hall–Kier alpha value is -2.98. The average Bonchev–Trinajstić information content (AvgIpc) is 2.93. The number of aryl methyl sites for hydroxylation is 1. The molecule has 0 aliphatic rings. The van der Waals surface area contributed by atoms with E-state index in [0.717, 1.165) is 0 Å². The van der Waals surface area contributed by atoms with E-state index in [1.54, 1.807) is 55.6 Å². The van der Waals surface area contributed by atoms with E-state index in [1.165, 1.54) is 16.8 Å². The maximum absolute atomic E-state index is 12.7. The highest BCUT2D eigenvalue weighted by molar-refractivity contribution is 7.93. The van der Waals surface area contributed by atoms with Crippen LogP contribution in [0.25, 0.3) is 10.9 Å². The molecule has 0 bridgehead atoms. The zero-order chi connectivity index (χ0) is 17.3. The van der Waals surface area contributed by atoms with E-state index in [1.807, 2.05) is 0 Å². The summed E-state index contributed by atoms with van der Waals surface area (Å²) in [6.07, 6.45) is 0. The number of para-hydroxylation sites is 1. The Bertz CT molecular complexity index is 1060. The number of aromatic nitrogens is 2. The molecule has 0 aliphatic carbocycles. The predicted octanol–water partition coefficient (Wildman–Crippen LogP) is 2.12. The minimum atomic E-state index is -4.12. The van der Waals surface area contributed by atoms with Crippen molar-refractivity contribution in [3.05, 3.63) is 60.3 Å². The van der Waals surface area contributed by atoms with Gasteiger partial charge in [-0.2, -0.15) is 10.4 Å². The molecule has 7 heteroatoms. The van der Waals surface area contributed by atoms with Gasteiger partial charge >= 0.3 is 0 Å². The van der Waals surface area contributed by atoms with E-state index in [0.29, 0.717) is 10.9 Å². The lowest BCUT2D eigenvalue weighted by molar-refractivity contribution is 0.0996. The molecule has 0 N–H and O–H groups in total. The molecule has 1 unspecified atom stereocenters. The number of hydrogen-bond donors (Lipinski definition) is 0. The Kier molecular flexibility index (Phi) is 3.91. The SMILES string of the molecule is Cn1nc(C(=O)C(C#N)S(=O)(=O)c2ccccc2)c2ccccc21. The number of rotatable bonds is 4. The Morgan fingerprint density at radius 2 is 1.75 bits per heavy atom. The standard InChI is InChI=1S/C17H13N3O3S/c1-20-14-10-6-5-9-13(14)16(19-20)17(21)15(11-18)24(22,23)12-7-3-2-4-8-12/h2-10,15H,1H3. The number of nitrogens with zero attached hydrogens (tertiary/aromatic N) is 3. The molecule has 1 aromatic heterocycles. The van der Waals surface area contributed by atoms with E-state index in [9.17, 15) is 18.5 Å². The summed E-state index contributed by atoms with van der Waals surface area (Å²) in [7, 11) is -2.46. The van der Waals surface area contributed by atoms with Gasteiger partial charge in [-0.1, -0.05) is 36.4 Å². The van der Waals surface area contributed by atoms with Crippen molar-refractivity contribution in [1.29, 1.82) is 5.26 Å². The fourth-order valence-corrected chi connectivity index (χ4v) is 3.88. The molecule has 0 fully saturated rings. The molecule has 1 heterocycles. The molecule has 2 aromatic carbocycles. The first-order valence-electron chi connectivity index (χ1n) is 7.11. The van der Waals surface area contributed by atoms with Crippen molar-refractivity contribution in [3.63, 3.8) is 0 Å². The molecule has 120 valence electrons. The van der Waals surface area contributed by atoms with Gasteiger partial charge in [0, 0.05) is 12.4 Å². The molecule has 1 atom stereocenters. The summed E-state index contributed by atoms with van der Waals surface area (Å²) >= 11 is 0. The van der Waals surface area contributed by atoms with Crippen LogP contribution in [0.15, 0.2) is 59.5 Å². The largest absolute Gasteiger partial charge is 0.290 e. The number of benzene rings is 2. The molecule has 24 heavy (non-hydrogen) atoms. The van der Waals surface area contributed by atoms with Gasteiger partial charge in [0.1, 0.15) is 5.69 Å². The van der Waals surface area contributed by atoms with Gasteiger partial charge in [-0.05, 0) is 18.2 Å². The van der Waals surface area contributed by atoms with Crippen LogP contribution in [0.1, 0.15) is 10.5 Å². The van der Waals surface area contributed by atoms with Crippen molar-refractivity contribution in [2.24, 2.45) is 7.05 Å². The first kappa shape index (κ1) is 15.9. The normalized spacial score (nSPS) is 12.7. The first-order valence-corrected chi connectivity index (χ1v) is 8.66. The number of fused-ring (bicyclic) bond motifs is 1. The summed E-state index contributed by atoms with van der Waals surface area (Å²) < 4.78 is 26.8. The molecule has 0 amide bonds. The minimum absolute atomic E-state index is 0.0147. The van der Waals surface area contributed by atoms with Gasteiger partial charge in [0.15, 0.2) is 0 Å². The first-order chi connectivity index (χ1) is 11.5. The molecule has 0 saturated heterocycles. The van der Waals surface area contributed by atoms with Crippen LogP contribution in [0, 0.1) is 11.3 Å². The molecule has 0 radical (unpaired) electrons. The lowest BCUT2D eigenvalue weighted by Crippen LogP contribution is -2.29. The molecule has 6 nitrogen and oxygen atoms in total. The van der Waals surface area contributed by atoms with Crippen LogP contribution in [-0.4, -0.2) is 29.2 Å². The maximum Gasteiger partial charge on any atom is 0.216 e. The quantitative estimate of drug-likeness (QED) is 0.679. The second-order valence-corrected chi connectivity index (χ2v) is 7.25. The zero-order valence-electron chi connectivity index (χ0n) is 12.7. The molecular formula is C17H13N3O3S. The molecule has 3 rings (SSSR count). The monoisotopic (exact) mass is 339 g/mol. The fraction of sp³-hybridized carbons (Fsp3) is 0.118. The third kappa shape index (κ3) is 2.47. The molecule has 0 saturated carbocycles. The van der Waals surface area contributed by atoms with E-state index >= 15 is 0 Å². The van der Waals surface area contributed by atoms with Crippen molar-refractivity contribution in [1.82, 2.24) is 9.78 Å². The fourth-order valence-electron chi connectivity index (χ4n) is 2.54. The number of sulfone groups is 1. The van der Waals surface area contributed by atoms with Crippen LogP contribution in [0.3, 0.4) is 0 Å². The molecule has 3 aromatic rings. The third-order valence-electron chi connectivity index (χ3n) is 3.73. The Labute approximate surface area is 138 Å². The van der Waals surface area contributed by atoms with Crippen molar-refractivity contribution < 1.29 is 13.2 Å². The number of carbonyl (C=O) groups is 1. The summed E-state index contributed by atoms with van der Waals surface area (Å²) in [5.41, 5.74) is 0.675. The molecule has 0 spiro atoms. The van der Waals surface area contributed by atoms with Crippen molar-refractivity contribution >= 4 is 26.5 Å². The smallest absolute Gasteiger partial charge is 0.216 e. The van der Waals surface area contributed by atoms with Crippen molar-refractivity contribution in [2.45, 2.75) is 10.1 Å². The Balaban J connectivity index is 2.12. The number of hydrogen-bond acceptors (Lipinski definition) is 5. The van der Waals surface area contributed by atoms with E-state index in [4.69, 9.17) is 0 Å². The van der Waals surface area contributed by atoms with Crippen molar-refractivity contribution in [2.75, 3.05) is 0 Å². The van der Waals surface area contributed by atoms with Crippen LogP contribution < -0.4 is 0 Å². The predicted molar refractivity (Wildman–Crippen MR) is 88.1 cm³/mol. The zero-order valence-corrected chi connectivity index (χ0v) is 13.6. The van der Waals surface area contributed by atoms with E-state index < -0.39 is 20.9 Å². The van der Waals surface area contributed by atoms with Crippen LogP contribution in [-0.2, 0) is 16.9 Å². The molecular weight excluding hydrogens is 326 g/mol. The Morgan fingerprint density at radius 1 is 1.12 bits per heavy atom. The number of ketones is 1. The van der Waals surface area contributed by atoms with Gasteiger partial charge in [0.2, 0.25) is 20.9 Å². The number of carbonyl (C=O) groups excluding carboxylic acids is 1. The van der Waals surface area contributed by atoms with Crippen LogP contribution >= 0.6 is 0 Å². The lowest BCUT2D eigenvalue weighted by Gasteiger charge is -2.08. The lowest BCUT2D eigenvalue weighted by atomic mass is 10.1. The van der Waals surface area contributed by atoms with Gasteiger partial charge in [0.05, 0.1) is 16.5 Å². The number of Topliss-reactive ketones (excluding diaryl/α,β-unsaturated/α-hetero) is 1.